The molecule has 0 spiro atoms. The molecular formula is C16H26N4S. The van der Waals surface area contributed by atoms with Gasteiger partial charge in [-0.1, -0.05) is 11.8 Å². The van der Waals surface area contributed by atoms with Gasteiger partial charge in [-0.05, 0) is 68.6 Å². The van der Waals surface area contributed by atoms with E-state index in [0.717, 1.165) is 34.5 Å². The van der Waals surface area contributed by atoms with Crippen molar-refractivity contribution in [1.82, 2.24) is 14.8 Å². The molecule has 4 aliphatic carbocycles. The van der Waals surface area contributed by atoms with Gasteiger partial charge in [0.25, 0.3) is 0 Å². The first-order valence-electron chi connectivity index (χ1n) is 8.30. The molecule has 1 atom stereocenters. The summed E-state index contributed by atoms with van der Waals surface area (Å²) in [7, 11) is 2.04. The average Bonchev–Trinajstić information content (AvgIpc) is 2.75. The van der Waals surface area contributed by atoms with Gasteiger partial charge in [0.15, 0.2) is 5.16 Å². The maximum atomic E-state index is 6.70. The van der Waals surface area contributed by atoms with Crippen molar-refractivity contribution in [3.63, 3.8) is 0 Å². The SMILES string of the molecule is Cc1nnc(SCC(N)C23CC4CC(CC(C4)C2)C3)n1C. The zero-order valence-corrected chi connectivity index (χ0v) is 13.9. The van der Waals surface area contributed by atoms with Crippen molar-refractivity contribution in [2.45, 2.75) is 56.6 Å². The Morgan fingerprint density at radius 3 is 2.24 bits per heavy atom. The molecule has 21 heavy (non-hydrogen) atoms. The van der Waals surface area contributed by atoms with E-state index in [1.54, 1.807) is 11.8 Å². The lowest BCUT2D eigenvalue weighted by Gasteiger charge is -2.59. The number of aryl methyl sites for hydroxylation is 1. The molecule has 5 heteroatoms. The number of nitrogens with zero attached hydrogens (tertiary/aromatic N) is 3. The van der Waals surface area contributed by atoms with E-state index in [9.17, 15) is 0 Å². The number of rotatable bonds is 4. The number of aromatic nitrogens is 3. The number of thioether (sulfide) groups is 1. The molecule has 1 aromatic rings. The monoisotopic (exact) mass is 306 g/mol. The van der Waals surface area contributed by atoms with Crippen LogP contribution in [-0.2, 0) is 7.05 Å². The van der Waals surface area contributed by atoms with Gasteiger partial charge in [0.05, 0.1) is 0 Å². The molecule has 0 saturated heterocycles. The van der Waals surface area contributed by atoms with Gasteiger partial charge in [-0.25, -0.2) is 0 Å². The van der Waals surface area contributed by atoms with Gasteiger partial charge in [-0.3, -0.25) is 0 Å². The second-order valence-corrected chi connectivity index (χ2v) is 8.77. The van der Waals surface area contributed by atoms with Crippen LogP contribution in [0.2, 0.25) is 0 Å². The molecule has 4 fully saturated rings. The molecule has 0 radical (unpaired) electrons. The van der Waals surface area contributed by atoms with Crippen molar-refractivity contribution >= 4 is 11.8 Å². The van der Waals surface area contributed by atoms with Gasteiger partial charge in [0.2, 0.25) is 0 Å². The van der Waals surface area contributed by atoms with E-state index in [-0.39, 0.29) is 0 Å². The molecule has 0 amide bonds. The lowest BCUT2D eigenvalue weighted by molar-refractivity contribution is -0.0629. The zero-order valence-electron chi connectivity index (χ0n) is 13.1. The van der Waals surface area contributed by atoms with Crippen molar-refractivity contribution in [2.24, 2.45) is 36.0 Å². The molecule has 1 unspecified atom stereocenters. The Bertz CT molecular complexity index is 503. The van der Waals surface area contributed by atoms with E-state index in [0.29, 0.717) is 11.5 Å². The predicted octanol–water partition coefficient (Wildman–Crippen LogP) is 2.76. The van der Waals surface area contributed by atoms with E-state index in [2.05, 4.69) is 14.8 Å². The highest BCUT2D eigenvalue weighted by Gasteiger charge is 2.53. The van der Waals surface area contributed by atoms with Crippen molar-refractivity contribution in [3.05, 3.63) is 5.82 Å². The van der Waals surface area contributed by atoms with Crippen LogP contribution in [0.3, 0.4) is 0 Å². The number of hydrogen-bond acceptors (Lipinski definition) is 4. The van der Waals surface area contributed by atoms with E-state index < -0.39 is 0 Å². The molecule has 4 aliphatic rings. The average molecular weight is 306 g/mol. The van der Waals surface area contributed by atoms with Crippen LogP contribution in [-0.4, -0.2) is 26.6 Å². The fraction of sp³-hybridized carbons (Fsp3) is 0.875. The highest BCUT2D eigenvalue weighted by atomic mass is 32.2. The fourth-order valence-electron chi connectivity index (χ4n) is 5.49. The molecule has 4 bridgehead atoms. The number of hydrogen-bond donors (Lipinski definition) is 1. The summed E-state index contributed by atoms with van der Waals surface area (Å²) in [6.45, 7) is 2.00. The molecule has 0 aliphatic heterocycles. The topological polar surface area (TPSA) is 56.7 Å². The molecule has 0 aromatic carbocycles. The maximum absolute atomic E-state index is 6.70. The van der Waals surface area contributed by atoms with Gasteiger partial charge in [0, 0.05) is 18.8 Å². The highest BCUT2D eigenvalue weighted by Crippen LogP contribution is 2.61. The summed E-state index contributed by atoms with van der Waals surface area (Å²) < 4.78 is 2.07. The second kappa shape index (κ2) is 4.98. The standard InChI is InChI=1S/C16H26N4S/c1-10-18-19-15(20(10)2)21-9-14(17)16-6-11-3-12(7-16)5-13(4-11)8-16/h11-14H,3-9,17H2,1-2H3. The van der Waals surface area contributed by atoms with Crippen LogP contribution in [0, 0.1) is 30.1 Å². The normalized spacial score (nSPS) is 38.9. The van der Waals surface area contributed by atoms with Crippen LogP contribution in [0.4, 0.5) is 0 Å². The first-order valence-corrected chi connectivity index (χ1v) is 9.29. The summed E-state index contributed by atoms with van der Waals surface area (Å²) in [5.74, 6) is 4.89. The Kier molecular flexibility index (Phi) is 3.34. The predicted molar refractivity (Wildman–Crippen MR) is 85.0 cm³/mol. The van der Waals surface area contributed by atoms with E-state index in [4.69, 9.17) is 5.73 Å². The van der Waals surface area contributed by atoms with Crippen LogP contribution in [0.15, 0.2) is 5.16 Å². The summed E-state index contributed by atoms with van der Waals surface area (Å²) in [4.78, 5) is 0. The van der Waals surface area contributed by atoms with E-state index in [1.807, 2.05) is 14.0 Å². The van der Waals surface area contributed by atoms with Crippen molar-refractivity contribution < 1.29 is 0 Å². The van der Waals surface area contributed by atoms with Crippen LogP contribution in [0.5, 0.6) is 0 Å². The van der Waals surface area contributed by atoms with Gasteiger partial charge in [0.1, 0.15) is 5.82 Å². The van der Waals surface area contributed by atoms with Gasteiger partial charge < -0.3 is 10.3 Å². The van der Waals surface area contributed by atoms with Gasteiger partial charge >= 0.3 is 0 Å². The van der Waals surface area contributed by atoms with Crippen molar-refractivity contribution in [3.8, 4) is 0 Å². The lowest BCUT2D eigenvalue weighted by atomic mass is 9.48. The Morgan fingerprint density at radius 2 is 1.76 bits per heavy atom. The minimum atomic E-state index is 0.313. The zero-order chi connectivity index (χ0) is 14.6. The molecule has 1 aromatic heterocycles. The Morgan fingerprint density at radius 1 is 1.19 bits per heavy atom. The summed E-state index contributed by atoms with van der Waals surface area (Å²) in [5.41, 5.74) is 7.14. The smallest absolute Gasteiger partial charge is 0.190 e. The molecule has 2 N–H and O–H groups in total. The molecule has 1 heterocycles. The van der Waals surface area contributed by atoms with Gasteiger partial charge in [-0.2, -0.15) is 0 Å². The minimum Gasteiger partial charge on any atom is -0.326 e. The summed E-state index contributed by atoms with van der Waals surface area (Å²) in [5, 5.41) is 9.40. The first-order chi connectivity index (χ1) is 10.1. The molecular weight excluding hydrogens is 280 g/mol. The van der Waals surface area contributed by atoms with E-state index in [1.165, 1.54) is 38.5 Å². The maximum Gasteiger partial charge on any atom is 0.190 e. The Balaban J connectivity index is 1.45. The quantitative estimate of drug-likeness (QED) is 0.869. The van der Waals surface area contributed by atoms with Crippen molar-refractivity contribution in [1.29, 1.82) is 0 Å². The van der Waals surface area contributed by atoms with Crippen LogP contribution in [0.1, 0.15) is 44.3 Å². The van der Waals surface area contributed by atoms with Crippen LogP contribution < -0.4 is 5.73 Å². The molecule has 116 valence electrons. The minimum absolute atomic E-state index is 0.313. The summed E-state index contributed by atoms with van der Waals surface area (Å²) in [6.07, 6.45) is 8.63. The Labute approximate surface area is 131 Å². The van der Waals surface area contributed by atoms with Crippen LogP contribution >= 0.6 is 11.8 Å². The molecule has 5 rings (SSSR count). The third-order valence-electron chi connectivity index (χ3n) is 6.32. The number of nitrogens with two attached hydrogens (primary N) is 1. The van der Waals surface area contributed by atoms with Crippen LogP contribution in [0.25, 0.3) is 0 Å². The van der Waals surface area contributed by atoms with E-state index >= 15 is 0 Å². The lowest BCUT2D eigenvalue weighted by Crippen LogP contribution is -2.55. The largest absolute Gasteiger partial charge is 0.326 e. The fourth-order valence-corrected chi connectivity index (χ4v) is 6.59. The third-order valence-corrected chi connectivity index (χ3v) is 7.46. The summed E-state index contributed by atoms with van der Waals surface area (Å²) in [6, 6.07) is 0.313. The highest BCUT2D eigenvalue weighted by molar-refractivity contribution is 7.99. The Hall–Kier alpha value is -0.550. The van der Waals surface area contributed by atoms with Crippen molar-refractivity contribution in [2.75, 3.05) is 5.75 Å². The molecule has 4 saturated carbocycles. The molecule has 4 nitrogen and oxygen atoms in total. The first kappa shape index (κ1) is 14.1. The third kappa shape index (κ3) is 2.33. The second-order valence-electron chi connectivity index (χ2n) is 7.79. The van der Waals surface area contributed by atoms with Gasteiger partial charge in [-0.15, -0.1) is 10.2 Å². The summed E-state index contributed by atoms with van der Waals surface area (Å²) >= 11 is 1.79.